The lowest BCUT2D eigenvalue weighted by atomic mass is 10.2. The molecule has 3 atom stereocenters. The van der Waals surface area contributed by atoms with Gasteiger partial charge in [0.1, 0.15) is 5.25 Å². The summed E-state index contributed by atoms with van der Waals surface area (Å²) in [5.74, 6) is 0.272. The van der Waals surface area contributed by atoms with Crippen LogP contribution < -0.4 is 11.1 Å². The molecule has 0 saturated heterocycles. The predicted molar refractivity (Wildman–Crippen MR) is 73.3 cm³/mol. The summed E-state index contributed by atoms with van der Waals surface area (Å²) in [6.45, 7) is 7.72. The largest absolute Gasteiger partial charge is 0.352 e. The summed E-state index contributed by atoms with van der Waals surface area (Å²) in [4.78, 5) is 11.8. The van der Waals surface area contributed by atoms with Crippen LogP contribution in [0, 0.1) is 0 Å². The van der Waals surface area contributed by atoms with Gasteiger partial charge in [0, 0.05) is 28.6 Å². The van der Waals surface area contributed by atoms with E-state index >= 15 is 0 Å². The van der Waals surface area contributed by atoms with Crippen LogP contribution in [0.3, 0.4) is 0 Å². The van der Waals surface area contributed by atoms with Gasteiger partial charge in [-0.1, -0.05) is 20.8 Å². The summed E-state index contributed by atoms with van der Waals surface area (Å²) in [5.41, 5.74) is 5.74. The SMILES string of the molecule is CCC(N)CS(=O)C(C)C(=O)NC(CC)CC. The molecule has 0 aliphatic carbocycles. The maximum Gasteiger partial charge on any atom is 0.235 e. The van der Waals surface area contributed by atoms with Crippen molar-refractivity contribution in [2.75, 3.05) is 5.75 Å². The fourth-order valence-corrected chi connectivity index (χ4v) is 2.66. The fourth-order valence-electron chi connectivity index (χ4n) is 1.40. The lowest BCUT2D eigenvalue weighted by Gasteiger charge is -2.19. The third kappa shape index (κ3) is 6.17. The molecule has 5 heteroatoms. The van der Waals surface area contributed by atoms with Crippen LogP contribution in [0.4, 0.5) is 0 Å². The standard InChI is InChI=1S/C12H26N2O2S/c1-5-10(13)8-17(16)9(4)12(15)14-11(6-2)7-3/h9-11H,5-8,13H2,1-4H3,(H,14,15). The second-order valence-corrected chi connectivity index (χ2v) is 6.18. The molecule has 1 amide bonds. The molecule has 4 nitrogen and oxygen atoms in total. The summed E-state index contributed by atoms with van der Waals surface area (Å²) in [5, 5.41) is 2.44. The first-order valence-corrected chi connectivity index (χ1v) is 7.77. The van der Waals surface area contributed by atoms with E-state index < -0.39 is 16.0 Å². The van der Waals surface area contributed by atoms with E-state index in [0.29, 0.717) is 5.75 Å². The Bertz CT molecular complexity index is 255. The van der Waals surface area contributed by atoms with Crippen LogP contribution in [0.1, 0.15) is 47.0 Å². The molecular formula is C12H26N2O2S. The van der Waals surface area contributed by atoms with Gasteiger partial charge in [-0.3, -0.25) is 9.00 Å². The molecule has 0 aliphatic heterocycles. The Morgan fingerprint density at radius 3 is 2.18 bits per heavy atom. The Hall–Kier alpha value is -0.420. The molecule has 0 rings (SSSR count). The Morgan fingerprint density at radius 1 is 1.24 bits per heavy atom. The van der Waals surface area contributed by atoms with Crippen LogP contribution in [0.5, 0.6) is 0 Å². The number of hydrogen-bond acceptors (Lipinski definition) is 3. The van der Waals surface area contributed by atoms with E-state index in [2.05, 4.69) is 5.32 Å². The quantitative estimate of drug-likeness (QED) is 0.689. The Kier molecular flexibility index (Phi) is 8.43. The van der Waals surface area contributed by atoms with E-state index in [0.717, 1.165) is 19.3 Å². The molecule has 0 aliphatic rings. The van der Waals surface area contributed by atoms with Crippen molar-refractivity contribution in [3.63, 3.8) is 0 Å². The molecule has 0 fully saturated rings. The van der Waals surface area contributed by atoms with E-state index in [1.807, 2.05) is 20.8 Å². The van der Waals surface area contributed by atoms with Gasteiger partial charge in [-0.05, 0) is 26.2 Å². The predicted octanol–water partition coefficient (Wildman–Crippen LogP) is 1.17. The number of carbonyl (C=O) groups is 1. The summed E-state index contributed by atoms with van der Waals surface area (Å²) >= 11 is 0. The smallest absolute Gasteiger partial charge is 0.235 e. The van der Waals surface area contributed by atoms with E-state index in [-0.39, 0.29) is 18.0 Å². The molecule has 0 aromatic carbocycles. The highest BCUT2D eigenvalue weighted by molar-refractivity contribution is 7.86. The fraction of sp³-hybridized carbons (Fsp3) is 0.917. The van der Waals surface area contributed by atoms with Crippen LogP contribution in [-0.2, 0) is 15.6 Å². The zero-order chi connectivity index (χ0) is 13.4. The average Bonchev–Trinajstić information content (AvgIpc) is 2.34. The molecule has 0 radical (unpaired) electrons. The first-order chi connectivity index (χ1) is 7.96. The summed E-state index contributed by atoms with van der Waals surface area (Å²) in [6.07, 6.45) is 2.58. The number of carbonyl (C=O) groups excluding carboxylic acids is 1. The topological polar surface area (TPSA) is 72.2 Å². The number of rotatable bonds is 8. The maximum absolute atomic E-state index is 11.9. The van der Waals surface area contributed by atoms with Gasteiger partial charge in [-0.2, -0.15) is 0 Å². The van der Waals surface area contributed by atoms with E-state index in [1.54, 1.807) is 6.92 Å². The van der Waals surface area contributed by atoms with Crippen LogP contribution >= 0.6 is 0 Å². The average molecular weight is 262 g/mol. The van der Waals surface area contributed by atoms with Crippen LogP contribution in [-0.4, -0.2) is 33.2 Å². The molecule has 0 aromatic rings. The van der Waals surface area contributed by atoms with Gasteiger partial charge in [-0.15, -0.1) is 0 Å². The number of hydrogen-bond donors (Lipinski definition) is 2. The molecule has 0 spiro atoms. The van der Waals surface area contributed by atoms with Gasteiger partial charge in [0.2, 0.25) is 5.91 Å². The summed E-state index contributed by atoms with van der Waals surface area (Å²) in [6, 6.07) is 0.0982. The van der Waals surface area contributed by atoms with Gasteiger partial charge in [0.15, 0.2) is 0 Å². The molecule has 3 unspecified atom stereocenters. The number of amides is 1. The Morgan fingerprint density at radius 2 is 1.76 bits per heavy atom. The minimum Gasteiger partial charge on any atom is -0.352 e. The third-order valence-corrected chi connectivity index (χ3v) is 4.76. The molecule has 102 valence electrons. The molecule has 17 heavy (non-hydrogen) atoms. The summed E-state index contributed by atoms with van der Waals surface area (Å²) < 4.78 is 11.9. The van der Waals surface area contributed by atoms with Gasteiger partial charge in [0.05, 0.1) is 0 Å². The minimum absolute atomic E-state index is 0.0840. The van der Waals surface area contributed by atoms with Crippen molar-refractivity contribution >= 4 is 16.7 Å². The van der Waals surface area contributed by atoms with Crippen LogP contribution in [0.15, 0.2) is 0 Å². The van der Waals surface area contributed by atoms with Crippen molar-refractivity contribution in [2.45, 2.75) is 64.3 Å². The van der Waals surface area contributed by atoms with Crippen molar-refractivity contribution in [3.8, 4) is 0 Å². The Balaban J connectivity index is 4.24. The third-order valence-electron chi connectivity index (χ3n) is 3.00. The van der Waals surface area contributed by atoms with Crippen molar-refractivity contribution in [1.29, 1.82) is 0 Å². The van der Waals surface area contributed by atoms with Crippen molar-refractivity contribution in [2.24, 2.45) is 5.73 Å². The van der Waals surface area contributed by atoms with Gasteiger partial charge < -0.3 is 11.1 Å². The first kappa shape index (κ1) is 16.6. The molecule has 0 heterocycles. The minimum atomic E-state index is -1.18. The molecule has 3 N–H and O–H groups in total. The summed E-state index contributed by atoms with van der Waals surface area (Å²) in [7, 11) is -1.18. The normalized spacial score (nSPS) is 16.6. The molecule has 0 bridgehead atoms. The molecular weight excluding hydrogens is 236 g/mol. The second kappa shape index (κ2) is 8.64. The second-order valence-electron chi connectivity index (χ2n) is 4.38. The van der Waals surface area contributed by atoms with Crippen LogP contribution in [0.2, 0.25) is 0 Å². The zero-order valence-electron chi connectivity index (χ0n) is 11.4. The van der Waals surface area contributed by atoms with E-state index in [4.69, 9.17) is 5.73 Å². The lowest BCUT2D eigenvalue weighted by Crippen LogP contribution is -2.43. The lowest BCUT2D eigenvalue weighted by molar-refractivity contribution is -0.121. The van der Waals surface area contributed by atoms with E-state index in [9.17, 15) is 9.00 Å². The first-order valence-electron chi connectivity index (χ1n) is 6.39. The van der Waals surface area contributed by atoms with Crippen molar-refractivity contribution < 1.29 is 9.00 Å². The zero-order valence-corrected chi connectivity index (χ0v) is 12.2. The highest BCUT2D eigenvalue weighted by atomic mass is 32.2. The molecule has 0 saturated carbocycles. The monoisotopic (exact) mass is 262 g/mol. The number of nitrogens with two attached hydrogens (primary N) is 1. The van der Waals surface area contributed by atoms with E-state index in [1.165, 1.54) is 0 Å². The number of nitrogens with one attached hydrogen (secondary N) is 1. The highest BCUT2D eigenvalue weighted by Gasteiger charge is 2.22. The van der Waals surface area contributed by atoms with Gasteiger partial charge in [-0.25, -0.2) is 0 Å². The van der Waals surface area contributed by atoms with Crippen molar-refractivity contribution in [3.05, 3.63) is 0 Å². The van der Waals surface area contributed by atoms with Gasteiger partial charge in [0.25, 0.3) is 0 Å². The van der Waals surface area contributed by atoms with Crippen LogP contribution in [0.25, 0.3) is 0 Å². The van der Waals surface area contributed by atoms with Crippen molar-refractivity contribution in [1.82, 2.24) is 5.32 Å². The Labute approximate surface area is 107 Å². The molecule has 0 aromatic heterocycles. The maximum atomic E-state index is 11.9. The van der Waals surface area contributed by atoms with Gasteiger partial charge >= 0.3 is 0 Å². The highest BCUT2D eigenvalue weighted by Crippen LogP contribution is 2.03.